The van der Waals surface area contributed by atoms with Gasteiger partial charge in [-0.15, -0.1) is 0 Å². The van der Waals surface area contributed by atoms with E-state index in [0.29, 0.717) is 13.0 Å². The van der Waals surface area contributed by atoms with E-state index >= 15 is 0 Å². The number of urea groups is 1. The molecular weight excluding hydrogens is 312 g/mol. The molecule has 0 aromatic heterocycles. The van der Waals surface area contributed by atoms with Crippen LogP contribution in [0.15, 0.2) is 24.3 Å². The number of hydrogen-bond acceptors (Lipinski definition) is 3. The highest BCUT2D eigenvalue weighted by Gasteiger charge is 2.34. The van der Waals surface area contributed by atoms with Crippen molar-refractivity contribution in [3.05, 3.63) is 29.8 Å². The normalized spacial score (nSPS) is 20.3. The van der Waals surface area contributed by atoms with Crippen LogP contribution in [-0.2, 0) is 15.3 Å². The van der Waals surface area contributed by atoms with E-state index in [2.05, 4.69) is 26.1 Å². The summed E-state index contributed by atoms with van der Waals surface area (Å²) >= 11 is 0. The molecule has 1 unspecified atom stereocenters. The number of rotatable bonds is 3. The van der Waals surface area contributed by atoms with Crippen LogP contribution in [0.2, 0.25) is 0 Å². The van der Waals surface area contributed by atoms with E-state index in [1.165, 1.54) is 0 Å². The maximum absolute atomic E-state index is 12.6. The summed E-state index contributed by atoms with van der Waals surface area (Å²) in [4.78, 5) is 14.3. The van der Waals surface area contributed by atoms with Gasteiger partial charge in [0.2, 0.25) is 0 Å². The van der Waals surface area contributed by atoms with Crippen molar-refractivity contribution >= 4 is 21.6 Å². The van der Waals surface area contributed by atoms with E-state index in [4.69, 9.17) is 0 Å². The molecule has 0 saturated carbocycles. The van der Waals surface area contributed by atoms with Gasteiger partial charge in [0.1, 0.15) is 0 Å². The van der Waals surface area contributed by atoms with E-state index in [0.717, 1.165) is 11.3 Å². The molecule has 1 aliphatic heterocycles. The van der Waals surface area contributed by atoms with Gasteiger partial charge in [0, 0.05) is 18.3 Å². The molecule has 23 heavy (non-hydrogen) atoms. The Morgan fingerprint density at radius 2 is 1.96 bits per heavy atom. The molecule has 0 aliphatic carbocycles. The van der Waals surface area contributed by atoms with E-state index in [1.807, 2.05) is 31.2 Å². The van der Waals surface area contributed by atoms with Crippen LogP contribution in [0.5, 0.6) is 0 Å². The second-order valence-corrected chi connectivity index (χ2v) is 9.30. The lowest BCUT2D eigenvalue weighted by Crippen LogP contribution is -2.43. The lowest BCUT2D eigenvalue weighted by molar-refractivity contribution is 0.197. The number of anilines is 1. The molecule has 1 heterocycles. The molecule has 1 saturated heterocycles. The van der Waals surface area contributed by atoms with E-state index in [-0.39, 0.29) is 29.0 Å². The lowest BCUT2D eigenvalue weighted by atomic mass is 9.86. The predicted molar refractivity (Wildman–Crippen MR) is 93.6 cm³/mol. The van der Waals surface area contributed by atoms with Crippen molar-refractivity contribution in [2.75, 3.05) is 23.4 Å². The minimum atomic E-state index is -3.01. The number of nitrogens with one attached hydrogen (secondary N) is 1. The molecule has 0 spiro atoms. The summed E-state index contributed by atoms with van der Waals surface area (Å²) in [5.74, 6) is 0.231. The Labute approximate surface area is 139 Å². The third-order valence-corrected chi connectivity index (χ3v) is 5.98. The zero-order chi connectivity index (χ0) is 17.3. The Morgan fingerprint density at radius 1 is 1.30 bits per heavy atom. The first kappa shape index (κ1) is 17.8. The fourth-order valence-electron chi connectivity index (χ4n) is 3.02. The molecule has 1 aliphatic rings. The summed E-state index contributed by atoms with van der Waals surface area (Å²) in [6, 6.07) is 7.28. The molecule has 2 rings (SSSR count). The van der Waals surface area contributed by atoms with Crippen LogP contribution >= 0.6 is 0 Å². The van der Waals surface area contributed by atoms with Crippen molar-refractivity contribution in [2.24, 2.45) is 0 Å². The monoisotopic (exact) mass is 338 g/mol. The quantitative estimate of drug-likeness (QED) is 0.921. The maximum atomic E-state index is 12.6. The summed E-state index contributed by atoms with van der Waals surface area (Å²) in [7, 11) is -3.01. The number of amides is 2. The van der Waals surface area contributed by atoms with Crippen molar-refractivity contribution in [1.82, 2.24) is 4.90 Å². The van der Waals surface area contributed by atoms with Crippen LogP contribution in [-0.4, -0.2) is 43.4 Å². The van der Waals surface area contributed by atoms with Gasteiger partial charge in [-0.25, -0.2) is 13.2 Å². The number of para-hydroxylation sites is 1. The molecule has 5 nitrogen and oxygen atoms in total. The molecule has 0 radical (unpaired) electrons. The van der Waals surface area contributed by atoms with Gasteiger partial charge in [0.05, 0.1) is 11.5 Å². The van der Waals surface area contributed by atoms with Gasteiger partial charge in [0.15, 0.2) is 9.84 Å². The van der Waals surface area contributed by atoms with Crippen LogP contribution in [0, 0.1) is 0 Å². The standard InChI is InChI=1S/C17H26N2O3S/c1-5-19(13-10-11-23(21,22)12-13)16(20)18-15-9-7-6-8-14(15)17(2,3)4/h6-9,13H,5,10-12H2,1-4H3,(H,18,20). The van der Waals surface area contributed by atoms with Crippen molar-refractivity contribution in [3.63, 3.8) is 0 Å². The average molecular weight is 338 g/mol. The number of hydrogen-bond donors (Lipinski definition) is 1. The fraction of sp³-hybridized carbons (Fsp3) is 0.588. The number of nitrogens with zero attached hydrogens (tertiary/aromatic N) is 1. The first-order valence-corrected chi connectivity index (χ1v) is 9.84. The highest BCUT2D eigenvalue weighted by molar-refractivity contribution is 7.91. The van der Waals surface area contributed by atoms with E-state index < -0.39 is 9.84 Å². The SMILES string of the molecule is CCN(C(=O)Nc1ccccc1C(C)(C)C)C1CCS(=O)(=O)C1. The Balaban J connectivity index is 2.18. The van der Waals surface area contributed by atoms with Crippen molar-refractivity contribution in [3.8, 4) is 0 Å². The molecular formula is C17H26N2O3S. The summed E-state index contributed by atoms with van der Waals surface area (Å²) in [6.07, 6.45) is 0.518. The minimum absolute atomic E-state index is 0.0647. The topological polar surface area (TPSA) is 66.5 Å². The molecule has 2 amide bonds. The third kappa shape index (κ3) is 4.25. The highest BCUT2D eigenvalue weighted by Crippen LogP contribution is 2.29. The molecule has 1 aromatic carbocycles. The van der Waals surface area contributed by atoms with Gasteiger partial charge in [-0.05, 0) is 30.4 Å². The molecule has 1 fully saturated rings. The van der Waals surface area contributed by atoms with Gasteiger partial charge < -0.3 is 10.2 Å². The summed E-state index contributed by atoms with van der Waals surface area (Å²) in [6.45, 7) is 8.65. The Morgan fingerprint density at radius 3 is 2.48 bits per heavy atom. The molecule has 128 valence electrons. The zero-order valence-electron chi connectivity index (χ0n) is 14.3. The van der Waals surface area contributed by atoms with Crippen molar-refractivity contribution < 1.29 is 13.2 Å². The lowest BCUT2D eigenvalue weighted by Gasteiger charge is -2.29. The fourth-order valence-corrected chi connectivity index (χ4v) is 4.75. The first-order valence-electron chi connectivity index (χ1n) is 8.01. The number of carbonyl (C=O) groups excluding carboxylic acids is 1. The first-order chi connectivity index (χ1) is 10.6. The average Bonchev–Trinajstić information content (AvgIpc) is 2.79. The van der Waals surface area contributed by atoms with Gasteiger partial charge in [-0.1, -0.05) is 39.0 Å². The van der Waals surface area contributed by atoms with Crippen molar-refractivity contribution in [1.29, 1.82) is 0 Å². The second-order valence-electron chi connectivity index (χ2n) is 7.07. The molecule has 1 atom stereocenters. The van der Waals surface area contributed by atoms with Crippen LogP contribution in [0.1, 0.15) is 39.7 Å². The van der Waals surface area contributed by atoms with Crippen LogP contribution < -0.4 is 5.32 Å². The Hall–Kier alpha value is -1.56. The van der Waals surface area contributed by atoms with Gasteiger partial charge in [0.25, 0.3) is 0 Å². The molecule has 1 aromatic rings. The minimum Gasteiger partial charge on any atom is -0.321 e. The largest absolute Gasteiger partial charge is 0.322 e. The summed E-state index contributed by atoms with van der Waals surface area (Å²) < 4.78 is 23.3. The molecule has 1 N–H and O–H groups in total. The van der Waals surface area contributed by atoms with Crippen LogP contribution in [0.25, 0.3) is 0 Å². The molecule has 6 heteroatoms. The van der Waals surface area contributed by atoms with Gasteiger partial charge in [-0.2, -0.15) is 0 Å². The van der Waals surface area contributed by atoms with Crippen LogP contribution in [0.4, 0.5) is 10.5 Å². The second kappa shape index (κ2) is 6.51. The van der Waals surface area contributed by atoms with E-state index in [1.54, 1.807) is 4.90 Å². The number of benzene rings is 1. The van der Waals surface area contributed by atoms with Crippen LogP contribution in [0.3, 0.4) is 0 Å². The number of carbonyl (C=O) groups is 1. The Bertz CT molecular complexity index is 677. The van der Waals surface area contributed by atoms with Gasteiger partial charge in [-0.3, -0.25) is 0 Å². The smallest absolute Gasteiger partial charge is 0.321 e. The Kier molecular flexibility index (Phi) is 5.04. The molecule has 0 bridgehead atoms. The highest BCUT2D eigenvalue weighted by atomic mass is 32.2. The van der Waals surface area contributed by atoms with Crippen molar-refractivity contribution in [2.45, 2.75) is 45.6 Å². The summed E-state index contributed by atoms with van der Waals surface area (Å²) in [5, 5.41) is 2.96. The predicted octanol–water partition coefficient (Wildman–Crippen LogP) is 3.03. The van der Waals surface area contributed by atoms with Gasteiger partial charge >= 0.3 is 6.03 Å². The number of sulfone groups is 1. The summed E-state index contributed by atoms with van der Waals surface area (Å²) in [5.41, 5.74) is 1.75. The third-order valence-electron chi connectivity index (χ3n) is 4.23. The van der Waals surface area contributed by atoms with E-state index in [9.17, 15) is 13.2 Å². The maximum Gasteiger partial charge on any atom is 0.322 e. The zero-order valence-corrected chi connectivity index (χ0v) is 15.1.